The molecule has 0 N–H and O–H groups in total. The van der Waals surface area contributed by atoms with E-state index in [9.17, 15) is 14.4 Å². The summed E-state index contributed by atoms with van der Waals surface area (Å²) >= 11 is 0. The average Bonchev–Trinajstić information content (AvgIpc) is 3.38. The van der Waals surface area contributed by atoms with Crippen molar-refractivity contribution in [1.82, 2.24) is 0 Å². The Hall–Kier alpha value is -3.41. The molecule has 0 bridgehead atoms. The van der Waals surface area contributed by atoms with Crippen LogP contribution in [0.4, 0.5) is 0 Å². The summed E-state index contributed by atoms with van der Waals surface area (Å²) in [7, 11) is 0. The summed E-state index contributed by atoms with van der Waals surface area (Å²) in [4.78, 5) is 38.2. The first-order chi connectivity index (χ1) is 35.5. The van der Waals surface area contributed by atoms with E-state index in [1.54, 1.807) is 0 Å². The van der Waals surface area contributed by atoms with Crippen LogP contribution in [0.15, 0.2) is 85.1 Å². The molecular formula is C66H114O6. The minimum absolute atomic E-state index is 0.0847. The van der Waals surface area contributed by atoms with E-state index >= 15 is 0 Å². The summed E-state index contributed by atoms with van der Waals surface area (Å²) in [5.41, 5.74) is 0. The SMILES string of the molecule is CC/C=C\C/C=C\C/C=C\C/C=C\CCCCCCCCCCCCCCC(=O)OCC(COC(=O)CCCCCCC/C=C\CCCCCCC)OC(=O)CCCCCCC/C=C\C/C=C\CCCCC. The van der Waals surface area contributed by atoms with Gasteiger partial charge in [-0.1, -0.05) is 247 Å². The molecule has 0 amide bonds. The third kappa shape index (κ3) is 57.5. The van der Waals surface area contributed by atoms with Crippen molar-refractivity contribution in [3.63, 3.8) is 0 Å². The second-order valence-corrected chi connectivity index (χ2v) is 20.2. The molecule has 0 aliphatic rings. The first-order valence-electron chi connectivity index (χ1n) is 30.6. The molecule has 0 saturated heterocycles. The number of carbonyl (C=O) groups is 3. The van der Waals surface area contributed by atoms with Gasteiger partial charge < -0.3 is 14.2 Å². The molecular weight excluding hydrogens is 889 g/mol. The van der Waals surface area contributed by atoms with Crippen LogP contribution in [0, 0.1) is 0 Å². The fourth-order valence-corrected chi connectivity index (χ4v) is 8.52. The molecule has 0 spiro atoms. The van der Waals surface area contributed by atoms with Gasteiger partial charge in [0.05, 0.1) is 0 Å². The maximum absolute atomic E-state index is 12.9. The molecule has 0 aromatic rings. The van der Waals surface area contributed by atoms with Crippen LogP contribution in [0.1, 0.15) is 297 Å². The lowest BCUT2D eigenvalue weighted by molar-refractivity contribution is -0.167. The van der Waals surface area contributed by atoms with E-state index in [4.69, 9.17) is 14.2 Å². The summed E-state index contributed by atoms with van der Waals surface area (Å²) in [6.45, 7) is 6.49. The van der Waals surface area contributed by atoms with Crippen molar-refractivity contribution >= 4 is 17.9 Å². The highest BCUT2D eigenvalue weighted by Gasteiger charge is 2.19. The van der Waals surface area contributed by atoms with Gasteiger partial charge in [-0.15, -0.1) is 0 Å². The number of carbonyl (C=O) groups excluding carboxylic acids is 3. The first kappa shape index (κ1) is 68.6. The van der Waals surface area contributed by atoms with E-state index < -0.39 is 6.10 Å². The summed E-state index contributed by atoms with van der Waals surface area (Å²) in [6, 6.07) is 0. The van der Waals surface area contributed by atoms with Crippen molar-refractivity contribution in [2.45, 2.75) is 303 Å². The Bertz CT molecular complexity index is 1380. The molecule has 6 heteroatoms. The Balaban J connectivity index is 4.31. The van der Waals surface area contributed by atoms with Crippen molar-refractivity contribution in [2.24, 2.45) is 0 Å². The summed E-state index contributed by atoms with van der Waals surface area (Å²) < 4.78 is 16.9. The molecule has 0 radical (unpaired) electrons. The van der Waals surface area contributed by atoms with Gasteiger partial charge in [-0.2, -0.15) is 0 Å². The molecule has 0 heterocycles. The summed E-state index contributed by atoms with van der Waals surface area (Å²) in [5.74, 6) is -0.900. The molecule has 72 heavy (non-hydrogen) atoms. The van der Waals surface area contributed by atoms with Gasteiger partial charge in [-0.3, -0.25) is 14.4 Å². The normalized spacial score (nSPS) is 12.7. The van der Waals surface area contributed by atoms with Gasteiger partial charge in [-0.05, 0) is 116 Å². The first-order valence-corrected chi connectivity index (χ1v) is 30.6. The lowest BCUT2D eigenvalue weighted by Crippen LogP contribution is -2.30. The quantitative estimate of drug-likeness (QED) is 0.0261. The van der Waals surface area contributed by atoms with Crippen LogP contribution < -0.4 is 0 Å². The van der Waals surface area contributed by atoms with Crippen molar-refractivity contribution in [2.75, 3.05) is 13.2 Å². The van der Waals surface area contributed by atoms with Crippen molar-refractivity contribution in [1.29, 1.82) is 0 Å². The Labute approximate surface area is 445 Å². The number of hydrogen-bond acceptors (Lipinski definition) is 6. The Morgan fingerprint density at radius 3 is 0.889 bits per heavy atom. The second-order valence-electron chi connectivity index (χ2n) is 20.2. The van der Waals surface area contributed by atoms with Crippen LogP contribution in [0.25, 0.3) is 0 Å². The van der Waals surface area contributed by atoms with Gasteiger partial charge in [-0.25, -0.2) is 0 Å². The molecule has 1 atom stereocenters. The number of hydrogen-bond donors (Lipinski definition) is 0. The molecule has 1 unspecified atom stereocenters. The largest absolute Gasteiger partial charge is 0.462 e. The van der Waals surface area contributed by atoms with Gasteiger partial charge >= 0.3 is 17.9 Å². The summed E-state index contributed by atoms with van der Waals surface area (Å²) in [5, 5.41) is 0. The van der Waals surface area contributed by atoms with Crippen LogP contribution in [-0.4, -0.2) is 37.2 Å². The fourth-order valence-electron chi connectivity index (χ4n) is 8.52. The van der Waals surface area contributed by atoms with Gasteiger partial charge in [0.15, 0.2) is 6.10 Å². The maximum atomic E-state index is 12.9. The average molecular weight is 1000 g/mol. The molecule has 0 rings (SSSR count). The van der Waals surface area contributed by atoms with Gasteiger partial charge in [0.25, 0.3) is 0 Å². The zero-order chi connectivity index (χ0) is 52.2. The Kier molecular flexibility index (Phi) is 57.3. The third-order valence-corrected chi connectivity index (χ3v) is 13.1. The number of unbranched alkanes of at least 4 members (excludes halogenated alkanes) is 30. The van der Waals surface area contributed by atoms with Gasteiger partial charge in [0.1, 0.15) is 13.2 Å². The molecule has 0 aromatic carbocycles. The minimum Gasteiger partial charge on any atom is -0.462 e. The van der Waals surface area contributed by atoms with Crippen molar-refractivity contribution in [3.05, 3.63) is 85.1 Å². The third-order valence-electron chi connectivity index (χ3n) is 13.1. The second kappa shape index (κ2) is 60.1. The van der Waals surface area contributed by atoms with Gasteiger partial charge in [0.2, 0.25) is 0 Å². The molecule has 414 valence electrons. The lowest BCUT2D eigenvalue weighted by atomic mass is 10.0. The predicted molar refractivity (Wildman–Crippen MR) is 311 cm³/mol. The highest BCUT2D eigenvalue weighted by Crippen LogP contribution is 2.16. The highest BCUT2D eigenvalue weighted by molar-refractivity contribution is 5.71. The van der Waals surface area contributed by atoms with E-state index in [1.807, 2.05) is 0 Å². The fraction of sp³-hybridized carbons (Fsp3) is 0.742. The van der Waals surface area contributed by atoms with E-state index in [-0.39, 0.29) is 31.1 Å². The van der Waals surface area contributed by atoms with E-state index in [2.05, 4.69) is 106 Å². The van der Waals surface area contributed by atoms with E-state index in [1.165, 1.54) is 141 Å². The molecule has 0 aliphatic carbocycles. The minimum atomic E-state index is -0.788. The number of ether oxygens (including phenoxy) is 3. The lowest BCUT2D eigenvalue weighted by Gasteiger charge is -2.18. The number of rotatable bonds is 55. The van der Waals surface area contributed by atoms with Crippen molar-refractivity contribution < 1.29 is 28.6 Å². The molecule has 0 fully saturated rings. The smallest absolute Gasteiger partial charge is 0.306 e. The van der Waals surface area contributed by atoms with Crippen LogP contribution in [0.5, 0.6) is 0 Å². The number of allylic oxidation sites excluding steroid dienone is 14. The molecule has 0 aliphatic heterocycles. The monoisotopic (exact) mass is 1000 g/mol. The standard InChI is InChI=1S/C66H114O6/c1-4-7-10-13-16-19-22-25-28-29-30-31-32-33-34-35-36-37-39-41-44-47-50-53-56-59-65(68)71-62-63(61-70-64(67)58-55-52-49-46-43-40-27-24-21-18-15-12-9-6-3)72-66(69)60-57-54-51-48-45-42-38-26-23-20-17-14-11-8-5-2/h7,10,16-17,19-20,24-28,30-31,38,63H,4-6,8-9,11-15,18,21-23,29,32-37,39-62H2,1-3H3/b10-7-,19-16-,20-17-,27-24-,28-25-,31-30-,38-26-. The van der Waals surface area contributed by atoms with Crippen LogP contribution in [-0.2, 0) is 28.6 Å². The predicted octanol–water partition coefficient (Wildman–Crippen LogP) is 20.7. The van der Waals surface area contributed by atoms with E-state index in [0.29, 0.717) is 19.3 Å². The van der Waals surface area contributed by atoms with Crippen LogP contribution >= 0.6 is 0 Å². The zero-order valence-corrected chi connectivity index (χ0v) is 47.4. The van der Waals surface area contributed by atoms with Crippen LogP contribution in [0.3, 0.4) is 0 Å². The molecule has 6 nitrogen and oxygen atoms in total. The van der Waals surface area contributed by atoms with Gasteiger partial charge in [0, 0.05) is 19.3 Å². The van der Waals surface area contributed by atoms with E-state index in [0.717, 1.165) is 116 Å². The molecule has 0 saturated carbocycles. The summed E-state index contributed by atoms with van der Waals surface area (Å²) in [6.07, 6.45) is 78.6. The van der Waals surface area contributed by atoms with Crippen molar-refractivity contribution in [3.8, 4) is 0 Å². The Morgan fingerprint density at radius 1 is 0.292 bits per heavy atom. The van der Waals surface area contributed by atoms with Crippen LogP contribution in [0.2, 0.25) is 0 Å². The highest BCUT2D eigenvalue weighted by atomic mass is 16.6. The zero-order valence-electron chi connectivity index (χ0n) is 47.4. The Morgan fingerprint density at radius 2 is 0.542 bits per heavy atom. The maximum Gasteiger partial charge on any atom is 0.306 e. The molecule has 0 aromatic heterocycles. The number of esters is 3. The topological polar surface area (TPSA) is 78.9 Å².